The molecule has 2 aromatic carbocycles. The lowest BCUT2D eigenvalue weighted by molar-refractivity contribution is 0.298. The molecule has 3 rings (SSSR count). The number of ether oxygens (including phenoxy) is 1. The highest BCUT2D eigenvalue weighted by Gasteiger charge is 2.14. The summed E-state index contributed by atoms with van der Waals surface area (Å²) >= 11 is 6.19. The molecule has 0 atom stereocenters. The Hall–Kier alpha value is -2.70. The normalized spacial score (nSPS) is 10.9. The molecule has 2 N–H and O–H groups in total. The molecule has 146 valence electrons. The third-order valence-corrected chi connectivity index (χ3v) is 4.76. The maximum absolute atomic E-state index is 13.7. The zero-order valence-electron chi connectivity index (χ0n) is 15.2. The highest BCUT2D eigenvalue weighted by atomic mass is 35.5. The van der Waals surface area contributed by atoms with Gasteiger partial charge in [0, 0.05) is 29.9 Å². The average Bonchev–Trinajstić information content (AvgIpc) is 2.68. The Morgan fingerprint density at radius 2 is 1.75 bits per heavy atom. The van der Waals surface area contributed by atoms with Crippen molar-refractivity contribution in [3.05, 3.63) is 97.9 Å². The smallest absolute Gasteiger partial charge is 0.273 e. The molecule has 0 fully saturated rings. The quantitative estimate of drug-likeness (QED) is 0.670. The maximum Gasteiger partial charge on any atom is 0.273 e. The molecular formula is C21H19ClF2N2O2. The SMILES string of the molecule is Cc1cc(OCc2ccc(F)cc2F)c(Cl)c(=O)n1Cc1ccc(CN)cc1. The van der Waals surface area contributed by atoms with Gasteiger partial charge in [-0.15, -0.1) is 0 Å². The number of pyridine rings is 1. The Balaban J connectivity index is 1.82. The van der Waals surface area contributed by atoms with Gasteiger partial charge >= 0.3 is 0 Å². The number of rotatable bonds is 6. The van der Waals surface area contributed by atoms with Gasteiger partial charge in [-0.1, -0.05) is 35.9 Å². The molecule has 0 saturated carbocycles. The topological polar surface area (TPSA) is 57.2 Å². The van der Waals surface area contributed by atoms with Crippen LogP contribution in [0.5, 0.6) is 5.75 Å². The Morgan fingerprint density at radius 3 is 2.39 bits per heavy atom. The number of aryl methyl sites for hydroxylation is 1. The van der Waals surface area contributed by atoms with E-state index in [1.165, 1.54) is 10.6 Å². The van der Waals surface area contributed by atoms with Crippen LogP contribution in [0.3, 0.4) is 0 Å². The van der Waals surface area contributed by atoms with Gasteiger partial charge in [0.15, 0.2) is 0 Å². The summed E-state index contributed by atoms with van der Waals surface area (Å²) in [6.45, 7) is 2.39. The zero-order chi connectivity index (χ0) is 20.3. The summed E-state index contributed by atoms with van der Waals surface area (Å²) in [5.74, 6) is -1.23. The fourth-order valence-corrected chi connectivity index (χ4v) is 2.99. The molecule has 0 aliphatic heterocycles. The molecule has 0 amide bonds. The molecule has 0 aliphatic carbocycles. The van der Waals surface area contributed by atoms with Crippen LogP contribution < -0.4 is 16.0 Å². The zero-order valence-corrected chi connectivity index (χ0v) is 16.0. The van der Waals surface area contributed by atoms with E-state index < -0.39 is 17.2 Å². The molecule has 3 aromatic rings. The predicted molar refractivity (Wildman–Crippen MR) is 105 cm³/mol. The van der Waals surface area contributed by atoms with Crippen LogP contribution >= 0.6 is 11.6 Å². The number of nitrogens with zero attached hydrogens (tertiary/aromatic N) is 1. The third-order valence-electron chi connectivity index (χ3n) is 4.41. The van der Waals surface area contributed by atoms with Crippen molar-refractivity contribution in [2.75, 3.05) is 0 Å². The Bertz CT molecular complexity index is 1050. The third kappa shape index (κ3) is 4.40. The Labute approximate surface area is 166 Å². The average molecular weight is 405 g/mol. The van der Waals surface area contributed by atoms with E-state index in [9.17, 15) is 13.6 Å². The number of benzene rings is 2. The molecule has 1 heterocycles. The summed E-state index contributed by atoms with van der Waals surface area (Å²) in [5.41, 5.74) is 7.94. The van der Waals surface area contributed by atoms with Crippen LogP contribution in [-0.2, 0) is 19.7 Å². The van der Waals surface area contributed by atoms with Gasteiger partial charge in [0.2, 0.25) is 0 Å². The summed E-state index contributed by atoms with van der Waals surface area (Å²) < 4.78 is 33.8. The minimum absolute atomic E-state index is 0.0910. The molecule has 28 heavy (non-hydrogen) atoms. The van der Waals surface area contributed by atoms with Crippen molar-refractivity contribution in [2.24, 2.45) is 5.73 Å². The molecule has 4 nitrogen and oxygen atoms in total. The van der Waals surface area contributed by atoms with Gasteiger partial charge in [0.25, 0.3) is 5.56 Å². The highest BCUT2D eigenvalue weighted by Crippen LogP contribution is 2.24. The van der Waals surface area contributed by atoms with Gasteiger partial charge in [0.05, 0.1) is 6.54 Å². The van der Waals surface area contributed by atoms with Gasteiger partial charge in [-0.3, -0.25) is 4.79 Å². The van der Waals surface area contributed by atoms with E-state index >= 15 is 0 Å². The summed E-state index contributed by atoms with van der Waals surface area (Å²) in [6, 6.07) is 12.5. The van der Waals surface area contributed by atoms with Crippen LogP contribution in [0.1, 0.15) is 22.4 Å². The number of halogens is 3. The Kier molecular flexibility index (Phi) is 6.11. The van der Waals surface area contributed by atoms with Crippen molar-refractivity contribution in [3.8, 4) is 5.75 Å². The lowest BCUT2D eigenvalue weighted by Crippen LogP contribution is -2.24. The minimum Gasteiger partial charge on any atom is -0.487 e. The van der Waals surface area contributed by atoms with E-state index in [2.05, 4.69) is 0 Å². The molecule has 0 bridgehead atoms. The first-order chi connectivity index (χ1) is 13.4. The molecule has 0 spiro atoms. The van der Waals surface area contributed by atoms with Crippen LogP contribution in [0, 0.1) is 18.6 Å². The highest BCUT2D eigenvalue weighted by molar-refractivity contribution is 6.31. The van der Waals surface area contributed by atoms with Gasteiger partial charge in [-0.2, -0.15) is 0 Å². The van der Waals surface area contributed by atoms with E-state index in [4.69, 9.17) is 22.1 Å². The maximum atomic E-state index is 13.7. The van der Waals surface area contributed by atoms with E-state index in [-0.39, 0.29) is 22.9 Å². The summed E-state index contributed by atoms with van der Waals surface area (Å²) in [7, 11) is 0. The number of hydrogen-bond donors (Lipinski definition) is 1. The van der Waals surface area contributed by atoms with Crippen LogP contribution in [0.25, 0.3) is 0 Å². The van der Waals surface area contributed by atoms with Crippen molar-refractivity contribution in [3.63, 3.8) is 0 Å². The van der Waals surface area contributed by atoms with Crippen molar-refractivity contribution in [1.29, 1.82) is 0 Å². The first kappa shape index (κ1) is 20.0. The minimum atomic E-state index is -0.720. The van der Waals surface area contributed by atoms with Crippen LogP contribution in [0.15, 0.2) is 53.3 Å². The first-order valence-electron chi connectivity index (χ1n) is 8.63. The molecule has 0 radical (unpaired) electrons. The second kappa shape index (κ2) is 8.54. The van der Waals surface area contributed by atoms with Crippen LogP contribution in [-0.4, -0.2) is 4.57 Å². The number of aromatic nitrogens is 1. The second-order valence-electron chi connectivity index (χ2n) is 6.40. The van der Waals surface area contributed by atoms with E-state index in [1.807, 2.05) is 24.3 Å². The summed E-state index contributed by atoms with van der Waals surface area (Å²) in [5, 5.41) is -0.0910. The molecule has 0 unspecified atom stereocenters. The largest absolute Gasteiger partial charge is 0.487 e. The van der Waals surface area contributed by atoms with Crippen LogP contribution in [0.2, 0.25) is 5.02 Å². The number of hydrogen-bond acceptors (Lipinski definition) is 3. The van der Waals surface area contributed by atoms with Crippen LogP contribution in [0.4, 0.5) is 8.78 Å². The Morgan fingerprint density at radius 1 is 1.07 bits per heavy atom. The summed E-state index contributed by atoms with van der Waals surface area (Å²) in [4.78, 5) is 12.7. The lowest BCUT2D eigenvalue weighted by atomic mass is 10.1. The van der Waals surface area contributed by atoms with Gasteiger partial charge < -0.3 is 15.0 Å². The van der Waals surface area contributed by atoms with E-state index in [1.54, 1.807) is 13.0 Å². The molecule has 7 heteroatoms. The molecule has 0 saturated heterocycles. The number of nitrogens with two attached hydrogens (primary N) is 1. The lowest BCUT2D eigenvalue weighted by Gasteiger charge is -2.15. The van der Waals surface area contributed by atoms with E-state index in [0.29, 0.717) is 18.8 Å². The van der Waals surface area contributed by atoms with Gasteiger partial charge in [-0.05, 0) is 30.2 Å². The van der Waals surface area contributed by atoms with Gasteiger partial charge in [0.1, 0.15) is 29.0 Å². The summed E-state index contributed by atoms with van der Waals surface area (Å²) in [6.07, 6.45) is 0. The van der Waals surface area contributed by atoms with E-state index in [0.717, 1.165) is 23.3 Å². The fourth-order valence-electron chi connectivity index (χ4n) is 2.77. The van der Waals surface area contributed by atoms with Gasteiger partial charge in [-0.25, -0.2) is 8.78 Å². The van der Waals surface area contributed by atoms with Crippen molar-refractivity contribution in [2.45, 2.75) is 26.6 Å². The second-order valence-corrected chi connectivity index (χ2v) is 6.78. The van der Waals surface area contributed by atoms with Crippen molar-refractivity contribution >= 4 is 11.6 Å². The standard InChI is InChI=1S/C21H19ClF2N2O2/c1-13-8-19(28-12-16-6-7-17(23)9-18(16)24)20(22)21(27)26(13)11-15-4-2-14(10-25)3-5-15/h2-9H,10-12,25H2,1H3. The van der Waals surface area contributed by atoms with Crippen molar-refractivity contribution < 1.29 is 13.5 Å². The fraction of sp³-hybridized carbons (Fsp3) is 0.190. The monoisotopic (exact) mass is 404 g/mol. The predicted octanol–water partition coefficient (Wildman–Crippen LogP) is 4.17. The molecular weight excluding hydrogens is 386 g/mol. The molecule has 1 aromatic heterocycles. The van der Waals surface area contributed by atoms with Crippen molar-refractivity contribution in [1.82, 2.24) is 4.57 Å². The molecule has 0 aliphatic rings. The first-order valence-corrected chi connectivity index (χ1v) is 9.01.